The zero-order valence-electron chi connectivity index (χ0n) is 13.2. The fourth-order valence-corrected chi connectivity index (χ4v) is 2.74. The second-order valence-corrected chi connectivity index (χ2v) is 5.29. The molecule has 0 aliphatic carbocycles. The number of methoxy groups -OCH3 is 2. The van der Waals surface area contributed by atoms with Gasteiger partial charge < -0.3 is 19.7 Å². The van der Waals surface area contributed by atoms with Gasteiger partial charge in [0.05, 0.1) is 19.3 Å². The van der Waals surface area contributed by atoms with Crippen LogP contribution in [0.4, 0.5) is 11.6 Å². The Balaban J connectivity index is 1.69. The summed E-state index contributed by atoms with van der Waals surface area (Å²) in [5.74, 6) is 2.18. The first-order chi connectivity index (χ1) is 11.3. The molecule has 0 amide bonds. The average Bonchev–Trinajstić information content (AvgIpc) is 3.04. The van der Waals surface area contributed by atoms with Gasteiger partial charge in [-0.1, -0.05) is 0 Å². The normalized spacial score (nSPS) is 20.5. The average molecular weight is 316 g/mol. The van der Waals surface area contributed by atoms with E-state index >= 15 is 0 Å². The van der Waals surface area contributed by atoms with Crippen LogP contribution in [0.25, 0.3) is 0 Å². The number of anilines is 2. The standard InChI is InChI=1S/C15H20N6O2/c1-22-12-5-11(21(8-12)14-3-4-16-9-19-14)7-17-13-6-15(23-2)20-10-18-13/h3-4,6,9-12H,5,7-8H2,1-2H3,(H,17,18,20)/t11-,12-/m1/s1. The number of ether oxygens (including phenoxy) is 2. The van der Waals surface area contributed by atoms with Crippen LogP contribution in [0.5, 0.6) is 5.88 Å². The van der Waals surface area contributed by atoms with Crippen molar-refractivity contribution >= 4 is 11.6 Å². The predicted molar refractivity (Wildman–Crippen MR) is 85.7 cm³/mol. The minimum absolute atomic E-state index is 0.191. The van der Waals surface area contributed by atoms with Crippen LogP contribution in [0.3, 0.4) is 0 Å². The van der Waals surface area contributed by atoms with Gasteiger partial charge in [0.15, 0.2) is 0 Å². The molecule has 2 aromatic heterocycles. The highest BCUT2D eigenvalue weighted by Gasteiger charge is 2.32. The summed E-state index contributed by atoms with van der Waals surface area (Å²) < 4.78 is 10.6. The first-order valence-corrected chi connectivity index (χ1v) is 7.45. The summed E-state index contributed by atoms with van der Waals surface area (Å²) in [4.78, 5) is 18.8. The number of rotatable bonds is 6. The van der Waals surface area contributed by atoms with Crippen LogP contribution in [0, 0.1) is 0 Å². The Kier molecular flexibility index (Phi) is 4.82. The van der Waals surface area contributed by atoms with Crippen molar-refractivity contribution in [3.63, 3.8) is 0 Å². The first-order valence-electron chi connectivity index (χ1n) is 7.45. The summed E-state index contributed by atoms with van der Waals surface area (Å²) in [5.41, 5.74) is 0. The maximum absolute atomic E-state index is 5.52. The Morgan fingerprint density at radius 2 is 2.17 bits per heavy atom. The molecule has 8 nitrogen and oxygen atoms in total. The van der Waals surface area contributed by atoms with Crippen molar-refractivity contribution in [2.75, 3.05) is 37.5 Å². The van der Waals surface area contributed by atoms with Crippen molar-refractivity contribution in [1.29, 1.82) is 0 Å². The molecule has 0 radical (unpaired) electrons. The van der Waals surface area contributed by atoms with Gasteiger partial charge in [0.25, 0.3) is 0 Å². The summed E-state index contributed by atoms with van der Waals surface area (Å²) in [5, 5.41) is 3.33. The second kappa shape index (κ2) is 7.19. The maximum atomic E-state index is 5.52. The van der Waals surface area contributed by atoms with Gasteiger partial charge in [0.1, 0.15) is 24.3 Å². The Labute approximate surface area is 134 Å². The lowest BCUT2D eigenvalue weighted by Crippen LogP contribution is -2.35. The lowest BCUT2D eigenvalue weighted by molar-refractivity contribution is 0.118. The molecule has 1 saturated heterocycles. The van der Waals surface area contributed by atoms with Gasteiger partial charge in [0.2, 0.25) is 5.88 Å². The SMILES string of the molecule is COc1cc(NC[C@H]2C[C@@H](OC)CN2c2ccncn2)ncn1. The Morgan fingerprint density at radius 1 is 1.26 bits per heavy atom. The molecule has 1 N–H and O–H groups in total. The highest BCUT2D eigenvalue weighted by molar-refractivity contribution is 5.43. The van der Waals surface area contributed by atoms with Crippen LogP contribution >= 0.6 is 0 Å². The summed E-state index contributed by atoms with van der Waals surface area (Å²) in [6.45, 7) is 1.54. The van der Waals surface area contributed by atoms with Crippen LogP contribution in [-0.2, 0) is 4.74 Å². The number of nitrogens with zero attached hydrogens (tertiary/aromatic N) is 5. The molecule has 1 aliphatic heterocycles. The minimum atomic E-state index is 0.191. The molecule has 0 aromatic carbocycles. The van der Waals surface area contributed by atoms with E-state index in [1.54, 1.807) is 32.8 Å². The number of aromatic nitrogens is 4. The van der Waals surface area contributed by atoms with E-state index in [4.69, 9.17) is 9.47 Å². The number of nitrogens with one attached hydrogen (secondary N) is 1. The van der Waals surface area contributed by atoms with Crippen molar-refractivity contribution in [2.45, 2.75) is 18.6 Å². The molecule has 0 spiro atoms. The highest BCUT2D eigenvalue weighted by atomic mass is 16.5. The Bertz CT molecular complexity index is 626. The quantitative estimate of drug-likeness (QED) is 0.844. The second-order valence-electron chi connectivity index (χ2n) is 5.29. The van der Waals surface area contributed by atoms with Crippen molar-refractivity contribution in [1.82, 2.24) is 19.9 Å². The Morgan fingerprint density at radius 3 is 2.91 bits per heavy atom. The van der Waals surface area contributed by atoms with Crippen molar-refractivity contribution in [3.05, 3.63) is 31.0 Å². The summed E-state index contributed by atoms with van der Waals surface area (Å²) in [7, 11) is 3.33. The van der Waals surface area contributed by atoms with Crippen LogP contribution in [0.2, 0.25) is 0 Å². The third kappa shape index (κ3) is 3.65. The number of hydrogen-bond acceptors (Lipinski definition) is 8. The van der Waals surface area contributed by atoms with Gasteiger partial charge in [-0.05, 0) is 12.5 Å². The van der Waals surface area contributed by atoms with Crippen molar-refractivity contribution < 1.29 is 9.47 Å². The van der Waals surface area contributed by atoms with E-state index in [0.29, 0.717) is 5.88 Å². The largest absolute Gasteiger partial charge is 0.481 e. The zero-order valence-corrected chi connectivity index (χ0v) is 13.2. The van der Waals surface area contributed by atoms with Gasteiger partial charge in [-0.25, -0.2) is 19.9 Å². The van der Waals surface area contributed by atoms with Gasteiger partial charge in [-0.15, -0.1) is 0 Å². The van der Waals surface area contributed by atoms with E-state index in [2.05, 4.69) is 30.2 Å². The predicted octanol–water partition coefficient (Wildman–Crippen LogP) is 0.981. The number of hydrogen-bond donors (Lipinski definition) is 1. The summed E-state index contributed by atoms with van der Waals surface area (Å²) in [6, 6.07) is 3.95. The molecule has 1 fully saturated rings. The highest BCUT2D eigenvalue weighted by Crippen LogP contribution is 2.25. The third-order valence-electron chi connectivity index (χ3n) is 3.94. The van der Waals surface area contributed by atoms with Crippen molar-refractivity contribution in [3.8, 4) is 5.88 Å². The van der Waals surface area contributed by atoms with Crippen LogP contribution < -0.4 is 15.0 Å². The maximum Gasteiger partial charge on any atom is 0.218 e. The van der Waals surface area contributed by atoms with Crippen LogP contribution in [0.15, 0.2) is 31.0 Å². The summed E-state index contributed by atoms with van der Waals surface area (Å²) in [6.07, 6.45) is 5.92. The molecule has 8 heteroatoms. The molecule has 1 aliphatic rings. The van der Waals surface area contributed by atoms with E-state index in [-0.39, 0.29) is 12.1 Å². The molecular weight excluding hydrogens is 296 g/mol. The van der Waals surface area contributed by atoms with E-state index in [0.717, 1.165) is 31.1 Å². The van der Waals surface area contributed by atoms with Crippen LogP contribution in [0.1, 0.15) is 6.42 Å². The molecular formula is C15H20N6O2. The molecule has 2 aromatic rings. The smallest absolute Gasteiger partial charge is 0.218 e. The van der Waals surface area contributed by atoms with Gasteiger partial charge in [0, 0.05) is 32.5 Å². The molecule has 122 valence electrons. The van der Waals surface area contributed by atoms with E-state index in [9.17, 15) is 0 Å². The molecule has 0 unspecified atom stereocenters. The monoisotopic (exact) mass is 316 g/mol. The molecule has 2 atom stereocenters. The Hall–Kier alpha value is -2.48. The van der Waals surface area contributed by atoms with Gasteiger partial charge in [-0.2, -0.15) is 0 Å². The lowest BCUT2D eigenvalue weighted by Gasteiger charge is -2.25. The molecule has 3 rings (SSSR count). The molecule has 3 heterocycles. The zero-order chi connectivity index (χ0) is 16.1. The molecule has 0 bridgehead atoms. The molecule has 0 saturated carbocycles. The third-order valence-corrected chi connectivity index (χ3v) is 3.94. The fraction of sp³-hybridized carbons (Fsp3) is 0.467. The van der Waals surface area contributed by atoms with E-state index in [1.807, 2.05) is 6.07 Å². The summed E-state index contributed by atoms with van der Waals surface area (Å²) >= 11 is 0. The van der Waals surface area contributed by atoms with Crippen molar-refractivity contribution in [2.24, 2.45) is 0 Å². The van der Waals surface area contributed by atoms with Crippen LogP contribution in [-0.4, -0.2) is 59.4 Å². The van der Waals surface area contributed by atoms with Gasteiger partial charge in [-0.3, -0.25) is 0 Å². The lowest BCUT2D eigenvalue weighted by atomic mass is 10.2. The minimum Gasteiger partial charge on any atom is -0.481 e. The molecule has 23 heavy (non-hydrogen) atoms. The first kappa shape index (κ1) is 15.4. The fourth-order valence-electron chi connectivity index (χ4n) is 2.74. The van der Waals surface area contributed by atoms with Gasteiger partial charge >= 0.3 is 0 Å². The van der Waals surface area contributed by atoms with E-state index in [1.165, 1.54) is 6.33 Å². The van der Waals surface area contributed by atoms with E-state index < -0.39 is 0 Å². The topological polar surface area (TPSA) is 85.3 Å².